The maximum absolute atomic E-state index is 3.87. The van der Waals surface area contributed by atoms with Crippen molar-refractivity contribution >= 4 is 0 Å². The van der Waals surface area contributed by atoms with Crippen LogP contribution in [0.15, 0.2) is 38.0 Å². The van der Waals surface area contributed by atoms with Gasteiger partial charge in [-0.25, -0.2) is 0 Å². The van der Waals surface area contributed by atoms with E-state index < -0.39 is 0 Å². The van der Waals surface area contributed by atoms with Crippen molar-refractivity contribution in [2.24, 2.45) is 71.0 Å². The van der Waals surface area contributed by atoms with Crippen molar-refractivity contribution in [1.29, 1.82) is 0 Å². The molecule has 6 aliphatic carbocycles. The van der Waals surface area contributed by atoms with Crippen LogP contribution in [0, 0.1) is 71.0 Å². The lowest BCUT2D eigenvalue weighted by Gasteiger charge is -2.38. The summed E-state index contributed by atoms with van der Waals surface area (Å²) in [6.07, 6.45) is 64.1. The smallest absolute Gasteiger partial charge is 0 e. The number of unbranched alkanes of at least 4 members (excludes halogenated alkanes) is 3. The Bertz CT molecular complexity index is 1050. The molecule has 0 heteroatoms. The van der Waals surface area contributed by atoms with E-state index >= 15 is 0 Å². The minimum Gasteiger partial charge on any atom is -0.103 e. The molecule has 0 amide bonds. The van der Waals surface area contributed by atoms with E-state index in [-0.39, 0.29) is 8.56 Å². The number of allylic oxidation sites excluding steroid dienone is 3. The molecule has 0 unspecified atom stereocenters. The van der Waals surface area contributed by atoms with E-state index in [1.807, 2.05) is 0 Å². The van der Waals surface area contributed by atoms with E-state index in [4.69, 9.17) is 0 Å². The second-order valence-corrected chi connectivity index (χ2v) is 22.7. The first-order chi connectivity index (χ1) is 29.5. The molecule has 0 N–H and O–H groups in total. The van der Waals surface area contributed by atoms with Gasteiger partial charge in [0.15, 0.2) is 0 Å². The predicted octanol–water partition coefficient (Wildman–Crippen LogP) is 21.7. The third kappa shape index (κ3) is 19.9. The van der Waals surface area contributed by atoms with Gasteiger partial charge in [-0.1, -0.05) is 174 Å². The second kappa shape index (κ2) is 32.0. The first-order valence-electron chi connectivity index (χ1n) is 28.3. The molecule has 0 saturated heterocycles. The van der Waals surface area contributed by atoms with E-state index in [1.54, 1.807) is 64.2 Å². The van der Waals surface area contributed by atoms with Crippen molar-refractivity contribution in [2.45, 2.75) is 271 Å². The molecule has 0 spiro atoms. The zero-order valence-corrected chi connectivity index (χ0v) is 41.4. The Morgan fingerprint density at radius 3 is 0.750 bits per heavy atom. The normalized spacial score (nSPS) is 34.9. The van der Waals surface area contributed by atoms with E-state index in [1.165, 1.54) is 186 Å². The van der Waals surface area contributed by atoms with Crippen LogP contribution in [0.2, 0.25) is 0 Å². The third-order valence-electron chi connectivity index (χ3n) is 18.6. The highest BCUT2D eigenvalue weighted by molar-refractivity contribution is 4.86. The molecule has 0 aromatic carbocycles. The van der Waals surface area contributed by atoms with Crippen molar-refractivity contribution in [1.82, 2.24) is 0 Å². The Labute approximate surface area is 387 Å². The van der Waals surface area contributed by atoms with Gasteiger partial charge in [0, 0.05) is 8.56 Å². The highest BCUT2D eigenvalue weighted by Crippen LogP contribution is 2.46. The first kappa shape index (κ1) is 51.9. The van der Waals surface area contributed by atoms with E-state index in [9.17, 15) is 0 Å². The molecule has 0 bridgehead atoms. The maximum atomic E-state index is 3.87. The molecule has 0 atom stereocenters. The van der Waals surface area contributed by atoms with Gasteiger partial charge in [0.2, 0.25) is 0 Å². The van der Waals surface area contributed by atoms with Gasteiger partial charge in [0.1, 0.15) is 0 Å². The van der Waals surface area contributed by atoms with Gasteiger partial charge in [-0.2, -0.15) is 0 Å². The molecule has 6 rings (SSSR count). The highest BCUT2D eigenvalue weighted by Gasteiger charge is 2.33. The van der Waals surface area contributed by atoms with Crippen LogP contribution in [0.5, 0.6) is 0 Å². The van der Waals surface area contributed by atoms with E-state index in [0.717, 1.165) is 71.0 Å². The third-order valence-corrected chi connectivity index (χ3v) is 18.6. The van der Waals surface area contributed by atoms with Crippen molar-refractivity contribution < 1.29 is 8.56 Å². The van der Waals surface area contributed by atoms with Crippen molar-refractivity contribution in [3.8, 4) is 0 Å². The van der Waals surface area contributed by atoms with Crippen LogP contribution in [0.25, 0.3) is 0 Å². The highest BCUT2D eigenvalue weighted by atomic mass is 14.4. The lowest BCUT2D eigenvalue weighted by atomic mass is 9.68. The fraction of sp³-hybridized carbons (Fsp3) is 0.900. The minimum absolute atomic E-state index is 0. The van der Waals surface area contributed by atoms with Crippen molar-refractivity contribution in [3.05, 3.63) is 38.0 Å². The summed E-state index contributed by atoms with van der Waals surface area (Å²) < 4.78 is 0. The Balaban J connectivity index is -0.000000864. The molecule has 6 fully saturated rings. The Morgan fingerprint density at radius 1 is 0.283 bits per heavy atom. The summed E-state index contributed by atoms with van der Waals surface area (Å²) in [6, 6.07) is 0. The zero-order chi connectivity index (χ0) is 42.6. The Kier molecular flexibility index (Phi) is 27.6. The monoisotopic (exact) mass is 841 g/mol. The number of hydrogen-bond donors (Lipinski definition) is 0. The van der Waals surface area contributed by atoms with Gasteiger partial charge in [0.25, 0.3) is 0 Å². The molecule has 60 heavy (non-hydrogen) atoms. The van der Waals surface area contributed by atoms with Gasteiger partial charge in [-0.15, -0.1) is 19.7 Å². The molecule has 360 valence electrons. The van der Waals surface area contributed by atoms with Gasteiger partial charge < -0.3 is 0 Å². The lowest BCUT2D eigenvalue weighted by molar-refractivity contribution is 0.140. The fourth-order valence-electron chi connectivity index (χ4n) is 14.3. The van der Waals surface area contributed by atoms with Crippen LogP contribution in [-0.2, 0) is 0 Å². The standard InChI is InChI=1S/C21H38.C20H36.C19H34.6H2/c1-3-5-7-9-19-12-16-21(17-13-19)20-14-10-18(11-15-20)8-6-4-2;1-3-5-7-17-9-13-19(14-10-17)20-15-11-18(12-16-20)8-6-4-2;1-3-5-7-17-10-14-19(15-11-17)18-12-8-16(6-4-2)9-13-18;;;;;;/h4,18-21H,2-3,5-17H2,1H3;3,17-20H,1,4-16H2,2H3;3,16-19H,1,4-15H2,2H3;6*1H. The van der Waals surface area contributed by atoms with E-state index in [0.29, 0.717) is 0 Å². The van der Waals surface area contributed by atoms with Gasteiger partial charge in [0.05, 0.1) is 0 Å². The van der Waals surface area contributed by atoms with Crippen LogP contribution in [0.3, 0.4) is 0 Å². The van der Waals surface area contributed by atoms with E-state index in [2.05, 4.69) is 58.7 Å². The van der Waals surface area contributed by atoms with Crippen LogP contribution in [-0.4, -0.2) is 0 Å². The van der Waals surface area contributed by atoms with Crippen LogP contribution < -0.4 is 0 Å². The predicted molar refractivity (Wildman–Crippen MR) is 282 cm³/mol. The number of rotatable bonds is 21. The lowest BCUT2D eigenvalue weighted by Crippen LogP contribution is -2.25. The molecule has 0 aromatic rings. The van der Waals surface area contributed by atoms with Gasteiger partial charge in [-0.3, -0.25) is 0 Å². The zero-order valence-electron chi connectivity index (χ0n) is 41.4. The molecule has 6 saturated carbocycles. The summed E-state index contributed by atoms with van der Waals surface area (Å²) in [6.45, 7) is 18.6. The summed E-state index contributed by atoms with van der Waals surface area (Å²) in [7, 11) is 0. The molecule has 0 heterocycles. The average molecular weight is 842 g/mol. The van der Waals surface area contributed by atoms with Gasteiger partial charge in [-0.05, 0) is 187 Å². The molecule has 6 aliphatic rings. The van der Waals surface area contributed by atoms with Crippen molar-refractivity contribution in [3.63, 3.8) is 0 Å². The SMILES string of the molecule is C=CCCC1CCC(C2CCC(CCC)CC2)CC1.C=CCCC1CCC(C2CCC(CCCC)CC2)CC1.C=CCCC1CCC(C2CCC(CCCCC)CC2)CC1.[HH].[HH].[HH].[HH].[HH].[HH]. The molecule has 0 nitrogen and oxygen atoms in total. The molecule has 0 radical (unpaired) electrons. The Hall–Kier alpha value is -0.780. The quantitative estimate of drug-likeness (QED) is 0.0798. The van der Waals surface area contributed by atoms with Crippen LogP contribution in [0.4, 0.5) is 0 Å². The maximum Gasteiger partial charge on any atom is 0 e. The summed E-state index contributed by atoms with van der Waals surface area (Å²) in [5.74, 6) is 12.8. The summed E-state index contributed by atoms with van der Waals surface area (Å²) in [5, 5.41) is 0. The molecule has 0 aliphatic heterocycles. The summed E-state index contributed by atoms with van der Waals surface area (Å²) >= 11 is 0. The van der Waals surface area contributed by atoms with Crippen LogP contribution >= 0.6 is 0 Å². The van der Waals surface area contributed by atoms with Gasteiger partial charge >= 0.3 is 0 Å². The van der Waals surface area contributed by atoms with Crippen LogP contribution in [0.1, 0.15) is 280 Å². The summed E-state index contributed by atoms with van der Waals surface area (Å²) in [5.41, 5.74) is 0. The summed E-state index contributed by atoms with van der Waals surface area (Å²) in [4.78, 5) is 0. The molecule has 0 aromatic heterocycles. The largest absolute Gasteiger partial charge is 0.103 e. The Morgan fingerprint density at radius 2 is 0.517 bits per heavy atom. The molecular weight excluding hydrogens is 721 g/mol. The second-order valence-electron chi connectivity index (χ2n) is 22.7. The average Bonchev–Trinajstić information content (AvgIpc) is 3.31. The topological polar surface area (TPSA) is 0 Å². The fourth-order valence-corrected chi connectivity index (χ4v) is 14.3. The van der Waals surface area contributed by atoms with Crippen molar-refractivity contribution in [2.75, 3.05) is 0 Å². The molecular formula is C60H120. The first-order valence-corrected chi connectivity index (χ1v) is 28.3. The minimum atomic E-state index is 0. The number of hydrogen-bond acceptors (Lipinski definition) is 0.